The van der Waals surface area contributed by atoms with Crippen LogP contribution in [0, 0.1) is 17.0 Å². The van der Waals surface area contributed by atoms with Crippen LogP contribution in [-0.4, -0.2) is 20.0 Å². The number of rotatable bonds is 4. The van der Waals surface area contributed by atoms with E-state index in [0.29, 0.717) is 11.4 Å². The van der Waals surface area contributed by atoms with E-state index < -0.39 is 4.92 Å². The van der Waals surface area contributed by atoms with Gasteiger partial charge in [-0.25, -0.2) is 9.97 Å². The van der Waals surface area contributed by atoms with Crippen molar-refractivity contribution in [3.8, 4) is 5.75 Å². The third-order valence-corrected chi connectivity index (χ3v) is 4.25. The monoisotopic (exact) mass is 329 g/mol. The van der Waals surface area contributed by atoms with Crippen molar-refractivity contribution in [2.75, 3.05) is 0 Å². The molecule has 1 N–H and O–H groups in total. The highest BCUT2D eigenvalue weighted by molar-refractivity contribution is 7.17. The van der Waals surface area contributed by atoms with Crippen LogP contribution in [0.1, 0.15) is 11.1 Å². The zero-order valence-electron chi connectivity index (χ0n) is 12.0. The number of nitro benzene ring substituents is 1. The summed E-state index contributed by atoms with van der Waals surface area (Å²) in [4.78, 5) is 18.5. The van der Waals surface area contributed by atoms with Crippen LogP contribution in [-0.2, 0) is 6.54 Å². The summed E-state index contributed by atoms with van der Waals surface area (Å²) in [5.41, 5.74) is 2.12. The fourth-order valence-corrected chi connectivity index (χ4v) is 2.96. The van der Waals surface area contributed by atoms with Gasteiger partial charge in [0.1, 0.15) is 6.33 Å². The lowest BCUT2D eigenvalue weighted by atomic mass is 10.2. The van der Waals surface area contributed by atoms with Crippen molar-refractivity contribution in [1.82, 2.24) is 9.97 Å². The highest BCUT2D eigenvalue weighted by Crippen LogP contribution is 2.31. The van der Waals surface area contributed by atoms with E-state index in [-0.39, 0.29) is 18.0 Å². The largest absolute Gasteiger partial charge is 0.502 e. The van der Waals surface area contributed by atoms with Gasteiger partial charge in [0, 0.05) is 6.07 Å². The second-order valence-electron chi connectivity index (χ2n) is 4.77. The Balaban J connectivity index is 1.83. The van der Waals surface area contributed by atoms with Crippen molar-refractivity contribution in [1.29, 1.82) is 0 Å². The molecule has 3 aromatic rings. The molecule has 0 radical (unpaired) electrons. The van der Waals surface area contributed by atoms with Gasteiger partial charge in [0.25, 0.3) is 0 Å². The Morgan fingerprint density at radius 3 is 3.00 bits per heavy atom. The molecule has 0 saturated heterocycles. The van der Waals surface area contributed by atoms with E-state index in [2.05, 4.69) is 20.2 Å². The Morgan fingerprint density at radius 1 is 1.39 bits per heavy atom. The van der Waals surface area contributed by atoms with Crippen molar-refractivity contribution < 1.29 is 10.0 Å². The predicted octanol–water partition coefficient (Wildman–Crippen LogP) is 3.90. The number of nitro groups is 1. The topological polar surface area (TPSA) is 114 Å². The van der Waals surface area contributed by atoms with E-state index in [1.54, 1.807) is 6.07 Å². The maximum atomic E-state index is 10.8. The van der Waals surface area contributed by atoms with Crippen LogP contribution in [0.4, 0.5) is 11.5 Å². The summed E-state index contributed by atoms with van der Waals surface area (Å²) in [7, 11) is 0. The fraction of sp³-hybridized carbons (Fsp3) is 0.143. The number of aromatic nitrogens is 2. The molecule has 3 rings (SSSR count). The van der Waals surface area contributed by atoms with Crippen molar-refractivity contribution in [2.24, 2.45) is 10.2 Å². The number of aryl methyl sites for hydroxylation is 1. The Bertz CT molecular complexity index is 922. The smallest absolute Gasteiger partial charge is 0.311 e. The van der Waals surface area contributed by atoms with E-state index in [9.17, 15) is 15.2 Å². The third-order valence-electron chi connectivity index (χ3n) is 3.17. The molecule has 2 aromatic heterocycles. The Kier molecular flexibility index (Phi) is 3.94. The van der Waals surface area contributed by atoms with Crippen LogP contribution in [0.3, 0.4) is 0 Å². The first-order valence-electron chi connectivity index (χ1n) is 6.59. The number of fused-ring (bicyclic) bond motifs is 1. The molecular weight excluding hydrogens is 318 g/mol. The lowest BCUT2D eigenvalue weighted by molar-refractivity contribution is -0.385. The average molecular weight is 329 g/mol. The molecule has 0 aliphatic rings. The van der Waals surface area contributed by atoms with Crippen LogP contribution in [0.25, 0.3) is 10.2 Å². The molecule has 0 atom stereocenters. The van der Waals surface area contributed by atoms with Crippen molar-refractivity contribution in [2.45, 2.75) is 13.5 Å². The molecule has 0 spiro atoms. The van der Waals surface area contributed by atoms with Crippen molar-refractivity contribution in [3.05, 3.63) is 51.1 Å². The first-order valence-corrected chi connectivity index (χ1v) is 7.47. The minimum absolute atomic E-state index is 0.150. The summed E-state index contributed by atoms with van der Waals surface area (Å²) >= 11 is 1.49. The molecule has 0 aliphatic heterocycles. The molecule has 116 valence electrons. The van der Waals surface area contributed by atoms with E-state index >= 15 is 0 Å². The zero-order valence-corrected chi connectivity index (χ0v) is 12.8. The van der Waals surface area contributed by atoms with Gasteiger partial charge in [-0.05, 0) is 29.5 Å². The van der Waals surface area contributed by atoms with Crippen LogP contribution in [0.15, 0.2) is 40.1 Å². The maximum absolute atomic E-state index is 10.8. The normalized spacial score (nSPS) is 11.3. The molecule has 0 unspecified atom stereocenters. The number of hydrogen-bond donors (Lipinski definition) is 1. The van der Waals surface area contributed by atoms with E-state index in [1.165, 1.54) is 29.8 Å². The second kappa shape index (κ2) is 6.05. The third kappa shape index (κ3) is 2.99. The van der Waals surface area contributed by atoms with Gasteiger partial charge in [-0.1, -0.05) is 6.07 Å². The lowest BCUT2D eigenvalue weighted by Gasteiger charge is -1.99. The molecule has 2 heterocycles. The number of thiophene rings is 1. The van der Waals surface area contributed by atoms with E-state index in [1.807, 2.05) is 12.3 Å². The SMILES string of the molecule is Cc1csc2c(N=NCc3ccc(O)c([N+](=O)[O-])c3)ncnc12. The molecular formula is C14H11N5O3S. The molecule has 0 aliphatic carbocycles. The van der Waals surface area contributed by atoms with Gasteiger partial charge in [0.2, 0.25) is 0 Å². The van der Waals surface area contributed by atoms with Crippen molar-refractivity contribution >= 4 is 33.1 Å². The first-order chi connectivity index (χ1) is 11.1. The standard InChI is InChI=1S/C14H11N5O3S/c1-8-6-23-13-12(8)15-7-16-14(13)18-17-5-9-2-3-11(20)10(4-9)19(21)22/h2-4,6-7,20H,5H2,1H3. The average Bonchev–Trinajstić information content (AvgIpc) is 2.91. The molecule has 1 aromatic carbocycles. The summed E-state index contributed by atoms with van der Waals surface area (Å²) in [5, 5.41) is 30.3. The quantitative estimate of drug-likeness (QED) is 0.443. The highest BCUT2D eigenvalue weighted by Gasteiger charge is 2.13. The molecule has 0 amide bonds. The lowest BCUT2D eigenvalue weighted by Crippen LogP contribution is -1.90. The van der Waals surface area contributed by atoms with Crippen molar-refractivity contribution in [3.63, 3.8) is 0 Å². The number of phenolic OH excluding ortho intramolecular Hbond substituents is 1. The molecule has 8 nitrogen and oxygen atoms in total. The Morgan fingerprint density at radius 2 is 2.22 bits per heavy atom. The summed E-state index contributed by atoms with van der Waals surface area (Å²) in [5.74, 6) is 0.101. The Hall–Kier alpha value is -2.94. The maximum Gasteiger partial charge on any atom is 0.311 e. The summed E-state index contributed by atoms with van der Waals surface area (Å²) in [6.07, 6.45) is 1.43. The molecule has 23 heavy (non-hydrogen) atoms. The van der Waals surface area contributed by atoms with Crippen LogP contribution in [0.5, 0.6) is 5.75 Å². The molecule has 0 bridgehead atoms. The van der Waals surface area contributed by atoms with Crippen LogP contribution < -0.4 is 0 Å². The number of phenols is 1. The minimum atomic E-state index is -0.641. The Labute approximate surface area is 134 Å². The predicted molar refractivity (Wildman–Crippen MR) is 85.1 cm³/mol. The zero-order chi connectivity index (χ0) is 16.4. The fourth-order valence-electron chi connectivity index (χ4n) is 2.03. The van der Waals surface area contributed by atoms with Gasteiger partial charge >= 0.3 is 5.69 Å². The van der Waals surface area contributed by atoms with E-state index in [0.717, 1.165) is 15.8 Å². The molecule has 0 fully saturated rings. The highest BCUT2D eigenvalue weighted by atomic mass is 32.1. The molecule has 9 heteroatoms. The van der Waals surface area contributed by atoms with Crippen LogP contribution in [0.2, 0.25) is 0 Å². The van der Waals surface area contributed by atoms with Gasteiger partial charge in [-0.3, -0.25) is 10.1 Å². The van der Waals surface area contributed by atoms with Gasteiger partial charge < -0.3 is 5.11 Å². The summed E-state index contributed by atoms with van der Waals surface area (Å²) < 4.78 is 0.852. The number of hydrogen-bond acceptors (Lipinski definition) is 8. The van der Waals surface area contributed by atoms with Gasteiger partial charge in [-0.2, -0.15) is 5.11 Å². The van der Waals surface area contributed by atoms with Gasteiger partial charge in [-0.15, -0.1) is 16.5 Å². The number of aromatic hydroxyl groups is 1. The van der Waals surface area contributed by atoms with Crippen LogP contribution >= 0.6 is 11.3 Å². The van der Waals surface area contributed by atoms with Gasteiger partial charge in [0.15, 0.2) is 11.6 Å². The summed E-state index contributed by atoms with van der Waals surface area (Å²) in [6, 6.07) is 4.11. The first kappa shape index (κ1) is 15.0. The number of benzene rings is 1. The summed E-state index contributed by atoms with van der Waals surface area (Å²) in [6.45, 7) is 2.11. The second-order valence-corrected chi connectivity index (χ2v) is 5.65. The number of nitrogens with zero attached hydrogens (tertiary/aromatic N) is 5. The van der Waals surface area contributed by atoms with E-state index in [4.69, 9.17) is 0 Å². The molecule has 0 saturated carbocycles. The number of azo groups is 1. The minimum Gasteiger partial charge on any atom is -0.502 e. The van der Waals surface area contributed by atoms with Gasteiger partial charge in [0.05, 0.1) is 21.7 Å².